The quantitative estimate of drug-likeness (QED) is 0.454. The van der Waals surface area contributed by atoms with Gasteiger partial charge in [0.05, 0.1) is 11.8 Å². The van der Waals surface area contributed by atoms with Gasteiger partial charge >= 0.3 is 0 Å². The molecule has 158 valence electrons. The molecule has 5 rings (SSSR count). The van der Waals surface area contributed by atoms with Crippen molar-refractivity contribution < 1.29 is 24.3 Å². The van der Waals surface area contributed by atoms with E-state index in [1.807, 2.05) is 12.1 Å². The Morgan fingerprint density at radius 3 is 2.58 bits per heavy atom. The zero-order valence-electron chi connectivity index (χ0n) is 17.4. The van der Waals surface area contributed by atoms with Crippen LogP contribution in [0.15, 0.2) is 58.7 Å². The first-order valence-electron chi connectivity index (χ1n) is 10.7. The molecule has 4 unspecified atom stereocenters. The maximum Gasteiger partial charge on any atom is 0.233 e. The van der Waals surface area contributed by atoms with Crippen LogP contribution in [0.4, 0.5) is 0 Å². The second-order valence-corrected chi connectivity index (χ2v) is 8.74. The van der Waals surface area contributed by atoms with E-state index in [-0.39, 0.29) is 41.5 Å². The van der Waals surface area contributed by atoms with Crippen LogP contribution in [-0.4, -0.2) is 39.9 Å². The Hall–Kier alpha value is -3.28. The third-order valence-corrected chi connectivity index (χ3v) is 7.18. The van der Waals surface area contributed by atoms with Gasteiger partial charge in [-0.05, 0) is 56.4 Å². The highest BCUT2D eigenvalue weighted by Gasteiger charge is 2.55. The second kappa shape index (κ2) is 6.87. The molecule has 1 N–H and O–H groups in total. The summed E-state index contributed by atoms with van der Waals surface area (Å²) in [4.78, 5) is 53.4. The molecule has 4 aliphatic rings. The number of carbonyl (C=O) groups is 4. The first kappa shape index (κ1) is 19.7. The van der Waals surface area contributed by atoms with Gasteiger partial charge in [-0.15, -0.1) is 0 Å². The summed E-state index contributed by atoms with van der Waals surface area (Å²) in [6, 6.07) is 6.70. The standard InChI is InChI=1S/C25H23NO5/c1-3-26-24(30)16-8-7-15-17(21(16)25(26)31)11-18-19(28)9-12(2)23(29)22(18)20(15)13-5-4-6-14(27)10-13/h4-7,9-10,16-17,20-21,27H,3,8,11H2,1-2H3. The Labute approximate surface area is 179 Å². The van der Waals surface area contributed by atoms with Crippen LogP contribution in [0.3, 0.4) is 0 Å². The number of Topliss-reactive ketones (excluding diaryl/α,β-unsaturated/α-hetero) is 1. The van der Waals surface area contributed by atoms with Crippen molar-refractivity contribution in [2.75, 3.05) is 6.54 Å². The van der Waals surface area contributed by atoms with E-state index in [1.165, 1.54) is 11.0 Å². The number of benzene rings is 1. The summed E-state index contributed by atoms with van der Waals surface area (Å²) in [5.41, 5.74) is 2.89. The number of hydrogen-bond donors (Lipinski definition) is 1. The van der Waals surface area contributed by atoms with Crippen molar-refractivity contribution in [2.45, 2.75) is 32.6 Å². The lowest BCUT2D eigenvalue weighted by molar-refractivity contribution is -0.139. The van der Waals surface area contributed by atoms with Gasteiger partial charge in [0.15, 0.2) is 11.6 Å². The molecule has 0 spiro atoms. The molecule has 1 aromatic rings. The van der Waals surface area contributed by atoms with E-state index in [9.17, 15) is 24.3 Å². The second-order valence-electron chi connectivity index (χ2n) is 8.74. The Morgan fingerprint density at radius 1 is 1.10 bits per heavy atom. The molecule has 0 saturated carbocycles. The Kier molecular flexibility index (Phi) is 4.36. The average molecular weight is 417 g/mol. The van der Waals surface area contributed by atoms with Crippen molar-refractivity contribution in [2.24, 2.45) is 17.8 Å². The first-order chi connectivity index (χ1) is 14.8. The topological polar surface area (TPSA) is 91.8 Å². The molecule has 4 atom stereocenters. The number of nitrogens with zero attached hydrogens (tertiary/aromatic N) is 1. The van der Waals surface area contributed by atoms with Gasteiger partial charge in [-0.3, -0.25) is 24.1 Å². The van der Waals surface area contributed by atoms with Gasteiger partial charge in [0.1, 0.15) is 5.75 Å². The number of carbonyl (C=O) groups excluding carboxylic acids is 4. The SMILES string of the molecule is CCN1C(=O)C2CC=C3C(c4cccc(O)c4)C4=C(CC3C2C1=O)C(=O)C=C(C)C4=O. The fraction of sp³-hybridized carbons (Fsp3) is 0.360. The maximum atomic E-state index is 13.2. The van der Waals surface area contributed by atoms with E-state index in [1.54, 1.807) is 32.0 Å². The smallest absolute Gasteiger partial charge is 0.233 e. The van der Waals surface area contributed by atoms with Crippen LogP contribution < -0.4 is 0 Å². The van der Waals surface area contributed by atoms with Gasteiger partial charge in [-0.25, -0.2) is 0 Å². The molecular formula is C25H23NO5. The van der Waals surface area contributed by atoms with Crippen molar-refractivity contribution in [1.82, 2.24) is 4.90 Å². The zero-order valence-corrected chi connectivity index (χ0v) is 17.4. The van der Waals surface area contributed by atoms with Crippen molar-refractivity contribution in [3.8, 4) is 5.75 Å². The van der Waals surface area contributed by atoms with Crippen LogP contribution in [0.5, 0.6) is 5.75 Å². The Bertz CT molecular complexity index is 1150. The number of amides is 2. The summed E-state index contributed by atoms with van der Waals surface area (Å²) in [5, 5.41) is 10.1. The van der Waals surface area contributed by atoms with E-state index in [4.69, 9.17) is 0 Å². The fourth-order valence-electron chi connectivity index (χ4n) is 5.82. The molecule has 1 aliphatic heterocycles. The van der Waals surface area contributed by atoms with E-state index in [2.05, 4.69) is 0 Å². The van der Waals surface area contributed by atoms with Crippen LogP contribution in [0.2, 0.25) is 0 Å². The van der Waals surface area contributed by atoms with Crippen molar-refractivity contribution in [1.29, 1.82) is 0 Å². The summed E-state index contributed by atoms with van der Waals surface area (Å²) >= 11 is 0. The number of ketones is 2. The molecule has 0 radical (unpaired) electrons. The third-order valence-electron chi connectivity index (χ3n) is 7.18. The number of phenolic OH excluding ortho intramolecular Hbond substituents is 1. The molecule has 1 fully saturated rings. The lowest BCUT2D eigenvalue weighted by Crippen LogP contribution is -2.39. The molecule has 6 heteroatoms. The number of imide groups is 1. The largest absolute Gasteiger partial charge is 0.508 e. The summed E-state index contributed by atoms with van der Waals surface area (Å²) in [5.74, 6) is -2.41. The van der Waals surface area contributed by atoms with E-state index < -0.39 is 17.8 Å². The van der Waals surface area contributed by atoms with Crippen LogP contribution in [0.1, 0.15) is 38.2 Å². The van der Waals surface area contributed by atoms with Crippen LogP contribution in [-0.2, 0) is 19.2 Å². The molecular weight excluding hydrogens is 394 g/mol. The van der Waals surface area contributed by atoms with E-state index in [0.29, 0.717) is 35.2 Å². The Balaban J connectivity index is 1.70. The number of hydrogen-bond acceptors (Lipinski definition) is 5. The fourth-order valence-corrected chi connectivity index (χ4v) is 5.82. The van der Waals surface area contributed by atoms with E-state index >= 15 is 0 Å². The number of rotatable bonds is 2. The van der Waals surface area contributed by atoms with Gasteiger partial charge in [0.25, 0.3) is 0 Å². The zero-order chi connectivity index (χ0) is 22.0. The number of aromatic hydroxyl groups is 1. The molecule has 0 aromatic heterocycles. The first-order valence-corrected chi connectivity index (χ1v) is 10.7. The summed E-state index contributed by atoms with van der Waals surface area (Å²) in [7, 11) is 0. The van der Waals surface area contributed by atoms with Gasteiger partial charge in [0, 0.05) is 29.2 Å². The number of fused-ring (bicyclic) bond motifs is 3. The molecule has 2 amide bonds. The highest BCUT2D eigenvalue weighted by Crippen LogP contribution is 2.55. The van der Waals surface area contributed by atoms with Crippen molar-refractivity contribution in [3.05, 3.63) is 64.3 Å². The van der Waals surface area contributed by atoms with E-state index in [0.717, 1.165) is 5.57 Å². The van der Waals surface area contributed by atoms with Gasteiger partial charge < -0.3 is 5.11 Å². The highest BCUT2D eigenvalue weighted by atomic mass is 16.3. The predicted octanol–water partition coefficient (Wildman–Crippen LogP) is 2.84. The van der Waals surface area contributed by atoms with Crippen LogP contribution >= 0.6 is 0 Å². The van der Waals surface area contributed by atoms with Gasteiger partial charge in [-0.1, -0.05) is 23.8 Å². The number of allylic oxidation sites excluding steroid dienone is 6. The minimum atomic E-state index is -0.517. The summed E-state index contributed by atoms with van der Waals surface area (Å²) in [6.45, 7) is 3.75. The predicted molar refractivity (Wildman–Crippen MR) is 112 cm³/mol. The molecule has 1 aromatic carbocycles. The third kappa shape index (κ3) is 2.70. The molecule has 3 aliphatic carbocycles. The molecule has 31 heavy (non-hydrogen) atoms. The molecule has 1 heterocycles. The lowest BCUT2D eigenvalue weighted by Gasteiger charge is -2.42. The lowest BCUT2D eigenvalue weighted by atomic mass is 9.59. The van der Waals surface area contributed by atoms with Crippen LogP contribution in [0.25, 0.3) is 0 Å². The average Bonchev–Trinajstić information content (AvgIpc) is 3.00. The van der Waals surface area contributed by atoms with Crippen molar-refractivity contribution >= 4 is 23.4 Å². The summed E-state index contributed by atoms with van der Waals surface area (Å²) < 4.78 is 0. The Morgan fingerprint density at radius 2 is 1.87 bits per heavy atom. The maximum absolute atomic E-state index is 13.2. The molecule has 1 saturated heterocycles. The minimum absolute atomic E-state index is 0.0715. The van der Waals surface area contributed by atoms with Crippen molar-refractivity contribution in [3.63, 3.8) is 0 Å². The molecule has 0 bridgehead atoms. The normalized spacial score (nSPS) is 30.1. The minimum Gasteiger partial charge on any atom is -0.508 e. The van der Waals surface area contributed by atoms with Gasteiger partial charge in [0.2, 0.25) is 11.8 Å². The van der Waals surface area contributed by atoms with Gasteiger partial charge in [-0.2, -0.15) is 0 Å². The summed E-state index contributed by atoms with van der Waals surface area (Å²) in [6.07, 6.45) is 4.07. The molecule has 6 nitrogen and oxygen atoms in total. The monoisotopic (exact) mass is 417 g/mol. The number of phenols is 1. The highest BCUT2D eigenvalue weighted by molar-refractivity contribution is 6.23. The van der Waals surface area contributed by atoms with Crippen LogP contribution in [0, 0.1) is 17.8 Å². The number of likely N-dealkylation sites (tertiary alicyclic amines) is 1.